The molecule has 2 rings (SSSR count). The molecule has 1 aromatic rings. The summed E-state index contributed by atoms with van der Waals surface area (Å²) >= 11 is 0. The highest BCUT2D eigenvalue weighted by molar-refractivity contribution is 5.85. The van der Waals surface area contributed by atoms with Crippen molar-refractivity contribution in [3.05, 3.63) is 23.8 Å². The van der Waals surface area contributed by atoms with Crippen LogP contribution < -0.4 is 9.47 Å². The molecule has 1 aliphatic heterocycles. The summed E-state index contributed by atoms with van der Waals surface area (Å²) in [4.78, 5) is 13.7. The van der Waals surface area contributed by atoms with Crippen molar-refractivity contribution in [2.24, 2.45) is 5.92 Å². The summed E-state index contributed by atoms with van der Waals surface area (Å²) < 4.78 is 15.3. The second-order valence-corrected chi connectivity index (χ2v) is 5.69. The van der Waals surface area contributed by atoms with E-state index >= 15 is 0 Å². The number of carbonyl (C=O) groups excluding carboxylic acids is 1. The summed E-state index contributed by atoms with van der Waals surface area (Å²) in [6.07, 6.45) is 2.63. The molecule has 0 atom stereocenters. The average Bonchev–Trinajstić information content (AvgIpc) is 2.56. The Bertz CT molecular complexity index is 501. The maximum absolute atomic E-state index is 11.3. The van der Waals surface area contributed by atoms with Crippen molar-refractivity contribution in [3.63, 3.8) is 0 Å². The van der Waals surface area contributed by atoms with Gasteiger partial charge in [-0.25, -0.2) is 0 Å². The summed E-state index contributed by atoms with van der Waals surface area (Å²) in [5.41, 5.74) is 1.21. The lowest BCUT2D eigenvalue weighted by Crippen LogP contribution is -2.34. The Kier molecular flexibility index (Phi) is 8.20. The fourth-order valence-electron chi connectivity index (χ4n) is 2.90. The highest BCUT2D eigenvalue weighted by Gasteiger charge is 2.22. The number of piperidine rings is 1. The largest absolute Gasteiger partial charge is 0.493 e. The van der Waals surface area contributed by atoms with Crippen LogP contribution >= 0.6 is 12.4 Å². The Labute approximate surface area is 144 Å². The van der Waals surface area contributed by atoms with Gasteiger partial charge in [0, 0.05) is 13.0 Å². The van der Waals surface area contributed by atoms with E-state index in [2.05, 4.69) is 11.0 Å². The van der Waals surface area contributed by atoms with E-state index in [1.165, 1.54) is 12.7 Å². The molecule has 1 fully saturated rings. The number of carbonyl (C=O) groups is 1. The standard InChI is InChI=1S/C17H25NO4.ClH/c1-20-15-5-4-14(10-16(15)21-2)12-18-8-6-13(7-9-18)11-17(19)22-3;/h4-5,10,13H,6-9,11-12H2,1-3H3;1H. The number of rotatable bonds is 6. The first-order valence-electron chi connectivity index (χ1n) is 7.66. The maximum atomic E-state index is 11.3. The highest BCUT2D eigenvalue weighted by atomic mass is 35.5. The lowest BCUT2D eigenvalue weighted by molar-refractivity contribution is -0.142. The van der Waals surface area contributed by atoms with E-state index in [0.717, 1.165) is 44.0 Å². The lowest BCUT2D eigenvalue weighted by Gasteiger charge is -2.31. The first-order chi connectivity index (χ1) is 10.7. The normalized spacial score (nSPS) is 15.6. The van der Waals surface area contributed by atoms with Gasteiger partial charge in [0.25, 0.3) is 0 Å². The number of ether oxygens (including phenoxy) is 3. The lowest BCUT2D eigenvalue weighted by atomic mass is 9.93. The Hall–Kier alpha value is -1.46. The van der Waals surface area contributed by atoms with E-state index in [9.17, 15) is 4.79 Å². The second kappa shape index (κ2) is 9.63. The van der Waals surface area contributed by atoms with E-state index in [1.807, 2.05) is 12.1 Å². The number of nitrogens with zero attached hydrogens (tertiary/aromatic N) is 1. The molecular weight excluding hydrogens is 318 g/mol. The predicted octanol–water partition coefficient (Wildman–Crippen LogP) is 2.90. The quantitative estimate of drug-likeness (QED) is 0.743. The summed E-state index contributed by atoms with van der Waals surface area (Å²) in [6.45, 7) is 2.91. The number of methoxy groups -OCH3 is 3. The Morgan fingerprint density at radius 2 is 1.78 bits per heavy atom. The molecule has 5 nitrogen and oxygen atoms in total. The summed E-state index contributed by atoms with van der Waals surface area (Å²) in [5, 5.41) is 0. The van der Waals surface area contributed by atoms with E-state index in [1.54, 1.807) is 14.2 Å². The van der Waals surface area contributed by atoms with Crippen LogP contribution in [-0.2, 0) is 16.1 Å². The topological polar surface area (TPSA) is 48.0 Å². The van der Waals surface area contributed by atoms with Crippen LogP contribution in [0.15, 0.2) is 18.2 Å². The van der Waals surface area contributed by atoms with Crippen molar-refractivity contribution in [2.75, 3.05) is 34.4 Å². The monoisotopic (exact) mass is 343 g/mol. The van der Waals surface area contributed by atoms with Crippen LogP contribution in [0.25, 0.3) is 0 Å². The minimum absolute atomic E-state index is 0. The van der Waals surface area contributed by atoms with Crippen LogP contribution in [-0.4, -0.2) is 45.3 Å². The molecule has 0 saturated carbocycles. The van der Waals surface area contributed by atoms with Crippen molar-refractivity contribution < 1.29 is 19.0 Å². The summed E-state index contributed by atoms with van der Waals surface area (Å²) in [5.74, 6) is 1.87. The van der Waals surface area contributed by atoms with E-state index in [4.69, 9.17) is 14.2 Å². The van der Waals surface area contributed by atoms with Gasteiger partial charge in [0.05, 0.1) is 21.3 Å². The van der Waals surface area contributed by atoms with Crippen molar-refractivity contribution in [1.29, 1.82) is 0 Å². The molecule has 1 aromatic carbocycles. The molecule has 0 N–H and O–H groups in total. The van der Waals surface area contributed by atoms with Crippen molar-refractivity contribution >= 4 is 18.4 Å². The van der Waals surface area contributed by atoms with Gasteiger partial charge in [-0.3, -0.25) is 9.69 Å². The molecule has 0 aromatic heterocycles. The Balaban J connectivity index is 0.00000264. The molecule has 23 heavy (non-hydrogen) atoms. The van der Waals surface area contributed by atoms with Gasteiger partial charge in [0.2, 0.25) is 0 Å². The van der Waals surface area contributed by atoms with Crippen LogP contribution in [0.4, 0.5) is 0 Å². The first-order valence-corrected chi connectivity index (χ1v) is 7.66. The maximum Gasteiger partial charge on any atom is 0.305 e. The van der Waals surface area contributed by atoms with Crippen LogP contribution in [0.3, 0.4) is 0 Å². The minimum atomic E-state index is -0.0988. The summed E-state index contributed by atoms with van der Waals surface area (Å²) in [7, 11) is 4.75. The van der Waals surface area contributed by atoms with Crippen LogP contribution in [0, 0.1) is 5.92 Å². The van der Waals surface area contributed by atoms with E-state index < -0.39 is 0 Å². The second-order valence-electron chi connectivity index (χ2n) is 5.69. The van der Waals surface area contributed by atoms with Gasteiger partial charge in [-0.15, -0.1) is 12.4 Å². The van der Waals surface area contributed by atoms with Gasteiger partial charge in [-0.1, -0.05) is 6.07 Å². The molecule has 0 amide bonds. The Morgan fingerprint density at radius 1 is 1.13 bits per heavy atom. The van der Waals surface area contributed by atoms with Crippen LogP contribution in [0.1, 0.15) is 24.8 Å². The molecule has 1 heterocycles. The van der Waals surface area contributed by atoms with Crippen LogP contribution in [0.2, 0.25) is 0 Å². The van der Waals surface area contributed by atoms with Crippen molar-refractivity contribution in [1.82, 2.24) is 4.90 Å². The molecule has 0 radical (unpaired) electrons. The molecule has 1 aliphatic rings. The zero-order chi connectivity index (χ0) is 15.9. The number of likely N-dealkylation sites (tertiary alicyclic amines) is 1. The third-order valence-electron chi connectivity index (χ3n) is 4.24. The van der Waals surface area contributed by atoms with Gasteiger partial charge in [-0.2, -0.15) is 0 Å². The molecule has 6 heteroatoms. The molecular formula is C17H26ClNO4. The van der Waals surface area contributed by atoms with Crippen molar-refractivity contribution in [2.45, 2.75) is 25.8 Å². The molecule has 0 spiro atoms. The zero-order valence-electron chi connectivity index (χ0n) is 14.0. The van der Waals surface area contributed by atoms with Gasteiger partial charge < -0.3 is 14.2 Å². The average molecular weight is 344 g/mol. The fraction of sp³-hybridized carbons (Fsp3) is 0.588. The third-order valence-corrected chi connectivity index (χ3v) is 4.24. The number of hydrogen-bond acceptors (Lipinski definition) is 5. The van der Waals surface area contributed by atoms with Gasteiger partial charge in [-0.05, 0) is 49.5 Å². The SMILES string of the molecule is COC(=O)CC1CCN(Cc2ccc(OC)c(OC)c2)CC1.Cl. The zero-order valence-corrected chi connectivity index (χ0v) is 14.9. The van der Waals surface area contributed by atoms with Gasteiger partial charge in [0.1, 0.15) is 0 Å². The molecule has 0 unspecified atom stereocenters. The number of hydrogen-bond donors (Lipinski definition) is 0. The number of halogens is 1. The summed E-state index contributed by atoms with van der Waals surface area (Å²) in [6, 6.07) is 6.04. The predicted molar refractivity (Wildman–Crippen MR) is 91.4 cm³/mol. The fourth-order valence-corrected chi connectivity index (χ4v) is 2.90. The smallest absolute Gasteiger partial charge is 0.305 e. The first kappa shape index (κ1) is 19.6. The molecule has 0 bridgehead atoms. The van der Waals surface area contributed by atoms with Crippen molar-refractivity contribution in [3.8, 4) is 11.5 Å². The van der Waals surface area contributed by atoms with E-state index in [-0.39, 0.29) is 18.4 Å². The minimum Gasteiger partial charge on any atom is -0.493 e. The van der Waals surface area contributed by atoms with E-state index in [0.29, 0.717) is 12.3 Å². The van der Waals surface area contributed by atoms with Gasteiger partial charge >= 0.3 is 5.97 Å². The third kappa shape index (κ3) is 5.59. The molecule has 130 valence electrons. The number of benzene rings is 1. The molecule has 0 aliphatic carbocycles. The highest BCUT2D eigenvalue weighted by Crippen LogP contribution is 2.29. The Morgan fingerprint density at radius 3 is 2.35 bits per heavy atom. The van der Waals surface area contributed by atoms with Crippen LogP contribution in [0.5, 0.6) is 11.5 Å². The number of esters is 1. The van der Waals surface area contributed by atoms with Gasteiger partial charge in [0.15, 0.2) is 11.5 Å². The molecule has 1 saturated heterocycles.